The maximum Gasteiger partial charge on any atom is 0.239 e. The predicted molar refractivity (Wildman–Crippen MR) is 122 cm³/mol. The first kappa shape index (κ1) is 21.0. The topological polar surface area (TPSA) is 85.3 Å². The number of anilines is 1. The number of nitrogens with one attached hydrogen (secondary N) is 1. The van der Waals surface area contributed by atoms with Crippen molar-refractivity contribution in [2.75, 3.05) is 17.6 Å². The van der Waals surface area contributed by atoms with Crippen LogP contribution in [0.2, 0.25) is 0 Å². The van der Waals surface area contributed by atoms with Crippen LogP contribution >= 0.6 is 11.9 Å². The Balaban J connectivity index is 1.63. The molecule has 2 heterocycles. The van der Waals surface area contributed by atoms with Gasteiger partial charge in [0.05, 0.1) is 25.7 Å². The Morgan fingerprint density at radius 3 is 2.65 bits per heavy atom. The van der Waals surface area contributed by atoms with E-state index >= 15 is 0 Å². The van der Waals surface area contributed by atoms with Gasteiger partial charge in [-0.1, -0.05) is 42.0 Å². The largest absolute Gasteiger partial charge is 0.495 e. The van der Waals surface area contributed by atoms with Gasteiger partial charge in [0.15, 0.2) is 5.76 Å². The number of aliphatic hydroxyl groups excluding tert-OH is 1. The Kier molecular flexibility index (Phi) is 6.59. The van der Waals surface area contributed by atoms with Crippen LogP contribution in [0.4, 0.5) is 5.95 Å². The van der Waals surface area contributed by atoms with Crippen LogP contribution < -0.4 is 9.46 Å². The van der Waals surface area contributed by atoms with Crippen LogP contribution in [-0.4, -0.2) is 32.7 Å². The van der Waals surface area contributed by atoms with E-state index in [1.807, 2.05) is 28.8 Å². The number of benzene rings is 2. The Bertz CT molecular complexity index is 1100. The van der Waals surface area contributed by atoms with Gasteiger partial charge in [-0.2, -0.15) is 0 Å². The summed E-state index contributed by atoms with van der Waals surface area (Å²) in [4.78, 5) is 0. The lowest BCUT2D eigenvalue weighted by Crippen LogP contribution is -2.08. The van der Waals surface area contributed by atoms with E-state index in [1.54, 1.807) is 31.4 Å². The number of hydrogen-bond donors (Lipinski definition) is 2. The van der Waals surface area contributed by atoms with Crippen molar-refractivity contribution in [2.45, 2.75) is 20.0 Å². The minimum atomic E-state index is -0.150. The van der Waals surface area contributed by atoms with Crippen molar-refractivity contribution in [1.82, 2.24) is 14.8 Å². The molecule has 31 heavy (non-hydrogen) atoms. The molecule has 0 aliphatic heterocycles. The van der Waals surface area contributed by atoms with Crippen LogP contribution in [0.1, 0.15) is 16.7 Å². The molecule has 160 valence electrons. The minimum absolute atomic E-state index is 0.150. The number of rotatable bonds is 9. The molecule has 8 heteroatoms. The van der Waals surface area contributed by atoms with Gasteiger partial charge in [-0.05, 0) is 49.1 Å². The van der Waals surface area contributed by atoms with Crippen LogP contribution in [0.3, 0.4) is 0 Å². The second kappa shape index (κ2) is 9.72. The van der Waals surface area contributed by atoms with Gasteiger partial charge in [0, 0.05) is 11.3 Å². The van der Waals surface area contributed by atoms with Gasteiger partial charge in [0.2, 0.25) is 11.8 Å². The molecule has 0 spiro atoms. The number of furan rings is 1. The van der Waals surface area contributed by atoms with Crippen molar-refractivity contribution >= 4 is 17.9 Å². The fraction of sp³-hybridized carbons (Fsp3) is 0.217. The molecule has 0 aliphatic rings. The molecule has 4 aromatic rings. The van der Waals surface area contributed by atoms with Gasteiger partial charge in [-0.15, -0.1) is 10.2 Å². The fourth-order valence-corrected chi connectivity index (χ4v) is 3.98. The summed E-state index contributed by atoms with van der Waals surface area (Å²) < 4.78 is 16.3. The highest BCUT2D eigenvalue weighted by molar-refractivity contribution is 8.00. The van der Waals surface area contributed by atoms with Crippen LogP contribution in [0.25, 0.3) is 17.3 Å². The van der Waals surface area contributed by atoms with E-state index < -0.39 is 0 Å². The zero-order valence-corrected chi connectivity index (χ0v) is 18.2. The van der Waals surface area contributed by atoms with E-state index in [0.29, 0.717) is 34.5 Å². The molecular weight excluding hydrogens is 412 g/mol. The lowest BCUT2D eigenvalue weighted by atomic mass is 10.1. The molecule has 0 radical (unpaired) electrons. The van der Waals surface area contributed by atoms with Crippen molar-refractivity contribution in [3.8, 4) is 23.0 Å². The summed E-state index contributed by atoms with van der Waals surface area (Å²) in [5.74, 6) is 3.07. The summed E-state index contributed by atoms with van der Waals surface area (Å²) in [7, 11) is 1.60. The zero-order valence-electron chi connectivity index (χ0n) is 17.4. The van der Waals surface area contributed by atoms with Crippen LogP contribution in [0.15, 0.2) is 65.3 Å². The smallest absolute Gasteiger partial charge is 0.239 e. The lowest BCUT2D eigenvalue weighted by molar-refractivity contribution is 0.280. The van der Waals surface area contributed by atoms with Crippen molar-refractivity contribution in [2.24, 2.45) is 0 Å². The Hall–Kier alpha value is -3.23. The summed E-state index contributed by atoms with van der Waals surface area (Å²) in [6.45, 7) is 1.93. The molecule has 0 fully saturated rings. The molecule has 0 amide bonds. The monoisotopic (exact) mass is 436 g/mol. The maximum absolute atomic E-state index is 9.95. The highest BCUT2D eigenvalue weighted by atomic mass is 32.2. The third-order valence-electron chi connectivity index (χ3n) is 4.88. The van der Waals surface area contributed by atoms with Gasteiger partial charge in [-0.3, -0.25) is 9.29 Å². The molecule has 0 unspecified atom stereocenters. The van der Waals surface area contributed by atoms with E-state index in [0.717, 1.165) is 12.2 Å². The lowest BCUT2D eigenvalue weighted by Gasteiger charge is -2.17. The first-order valence-corrected chi connectivity index (χ1v) is 10.9. The number of hydrogen-bond acceptors (Lipinski definition) is 7. The van der Waals surface area contributed by atoms with E-state index in [4.69, 9.17) is 9.15 Å². The van der Waals surface area contributed by atoms with E-state index in [1.165, 1.54) is 11.1 Å². The summed E-state index contributed by atoms with van der Waals surface area (Å²) in [6.07, 6.45) is 2.51. The fourth-order valence-electron chi connectivity index (χ4n) is 3.28. The zero-order chi connectivity index (χ0) is 21.6. The molecule has 0 bridgehead atoms. The normalized spacial score (nSPS) is 10.9. The average Bonchev–Trinajstić information content (AvgIpc) is 3.47. The molecule has 0 aliphatic carbocycles. The molecule has 0 saturated carbocycles. The first-order chi connectivity index (χ1) is 15.2. The second-order valence-electron chi connectivity index (χ2n) is 6.97. The SMILES string of the molecule is COc1cccc(CO)c1-n1c(NSCCc2ccc(C)cc2)nnc1-c1ccco1. The number of methoxy groups -OCH3 is 1. The molecule has 0 saturated heterocycles. The third-order valence-corrected chi connectivity index (χ3v) is 5.61. The number of aryl methyl sites for hydroxylation is 2. The maximum atomic E-state index is 9.95. The molecule has 2 N–H and O–H groups in total. The number of aliphatic hydroxyl groups is 1. The van der Waals surface area contributed by atoms with Crippen molar-refractivity contribution < 1.29 is 14.3 Å². The average molecular weight is 437 g/mol. The van der Waals surface area contributed by atoms with Crippen molar-refractivity contribution in [3.05, 3.63) is 77.6 Å². The van der Waals surface area contributed by atoms with E-state index in [-0.39, 0.29) is 6.61 Å². The standard InChI is InChI=1S/C23H24N4O3S/c1-16-8-10-17(11-9-16)12-14-31-26-23-25-24-22(20-7-4-13-30-20)27(23)21-18(15-28)5-3-6-19(21)29-2/h3-11,13,28H,12,14-15H2,1-2H3,(H,25,26). The number of aromatic nitrogens is 3. The van der Waals surface area contributed by atoms with Crippen molar-refractivity contribution in [1.29, 1.82) is 0 Å². The third kappa shape index (κ3) is 4.60. The highest BCUT2D eigenvalue weighted by Gasteiger charge is 2.22. The quantitative estimate of drug-likeness (QED) is 0.292. The van der Waals surface area contributed by atoms with Crippen LogP contribution in [0.5, 0.6) is 5.75 Å². The predicted octanol–water partition coefficient (Wildman–Crippen LogP) is 4.64. The van der Waals surface area contributed by atoms with Crippen LogP contribution in [-0.2, 0) is 13.0 Å². The Morgan fingerprint density at radius 2 is 1.94 bits per heavy atom. The Morgan fingerprint density at radius 1 is 1.10 bits per heavy atom. The second-order valence-corrected chi connectivity index (χ2v) is 7.87. The number of para-hydroxylation sites is 1. The summed E-state index contributed by atoms with van der Waals surface area (Å²) in [5, 5.41) is 18.6. The van der Waals surface area contributed by atoms with Gasteiger partial charge < -0.3 is 14.3 Å². The highest BCUT2D eigenvalue weighted by Crippen LogP contribution is 2.34. The molecule has 2 aromatic carbocycles. The Labute approximate surface area is 185 Å². The van der Waals surface area contributed by atoms with Gasteiger partial charge in [-0.25, -0.2) is 0 Å². The van der Waals surface area contributed by atoms with Crippen molar-refractivity contribution in [3.63, 3.8) is 0 Å². The summed E-state index contributed by atoms with van der Waals surface area (Å²) >= 11 is 1.54. The van der Waals surface area contributed by atoms with E-state index in [9.17, 15) is 5.11 Å². The van der Waals surface area contributed by atoms with Gasteiger partial charge >= 0.3 is 0 Å². The number of ether oxygens (including phenoxy) is 1. The molecule has 4 rings (SSSR count). The molecular formula is C23H24N4O3S. The summed E-state index contributed by atoms with van der Waals surface area (Å²) in [5.41, 5.74) is 3.90. The van der Waals surface area contributed by atoms with E-state index in [2.05, 4.69) is 46.1 Å². The van der Waals surface area contributed by atoms with Crippen LogP contribution in [0, 0.1) is 6.92 Å². The van der Waals surface area contributed by atoms with Gasteiger partial charge in [0.25, 0.3) is 0 Å². The molecule has 0 atom stereocenters. The first-order valence-electron chi connectivity index (χ1n) is 9.91. The minimum Gasteiger partial charge on any atom is -0.495 e. The summed E-state index contributed by atoms with van der Waals surface area (Å²) in [6, 6.07) is 17.7. The molecule has 7 nitrogen and oxygen atoms in total. The number of nitrogens with zero attached hydrogens (tertiary/aromatic N) is 3. The molecule has 2 aromatic heterocycles. The van der Waals surface area contributed by atoms with Gasteiger partial charge in [0.1, 0.15) is 5.75 Å².